The highest BCUT2D eigenvalue weighted by molar-refractivity contribution is 5.87. The second-order valence-electron chi connectivity index (χ2n) is 3.80. The van der Waals surface area contributed by atoms with Crippen molar-refractivity contribution in [1.82, 2.24) is 0 Å². The summed E-state index contributed by atoms with van der Waals surface area (Å²) in [5.74, 6) is -0.311. The summed E-state index contributed by atoms with van der Waals surface area (Å²) in [6.45, 7) is 9.78. The Morgan fingerprint density at radius 3 is 2.57 bits per heavy atom. The average molecular weight is 198 g/mol. The molecule has 0 aromatic carbocycles. The van der Waals surface area contributed by atoms with Crippen molar-refractivity contribution in [2.24, 2.45) is 0 Å². The van der Waals surface area contributed by atoms with E-state index in [2.05, 4.69) is 6.58 Å². The van der Waals surface area contributed by atoms with Crippen LogP contribution in [0.25, 0.3) is 0 Å². The maximum atomic E-state index is 11.4. The highest BCUT2D eigenvalue weighted by Gasteiger charge is 2.49. The van der Waals surface area contributed by atoms with Crippen molar-refractivity contribution in [1.29, 1.82) is 0 Å². The first-order chi connectivity index (χ1) is 6.55. The van der Waals surface area contributed by atoms with Crippen molar-refractivity contribution in [2.45, 2.75) is 45.3 Å². The van der Waals surface area contributed by atoms with Gasteiger partial charge in [-0.3, -0.25) is 0 Å². The van der Waals surface area contributed by atoms with E-state index < -0.39 is 5.60 Å². The molecule has 1 rings (SSSR count). The lowest BCUT2D eigenvalue weighted by Crippen LogP contribution is -2.60. The molecule has 2 atom stereocenters. The van der Waals surface area contributed by atoms with Crippen molar-refractivity contribution in [3.8, 4) is 0 Å². The Balaban J connectivity index is 2.63. The maximum Gasteiger partial charge on any atom is 0.333 e. The van der Waals surface area contributed by atoms with Gasteiger partial charge in [-0.25, -0.2) is 4.79 Å². The molecule has 1 saturated heterocycles. The monoisotopic (exact) mass is 198 g/mol. The number of rotatable bonds is 4. The van der Waals surface area contributed by atoms with Crippen molar-refractivity contribution in [3.63, 3.8) is 0 Å². The molecule has 1 aliphatic heterocycles. The molecule has 0 aromatic heterocycles. The lowest BCUT2D eigenvalue weighted by atomic mass is 9.87. The molecule has 3 heteroatoms. The Morgan fingerprint density at radius 1 is 1.64 bits per heavy atom. The summed E-state index contributed by atoms with van der Waals surface area (Å²) < 4.78 is 10.8. The van der Waals surface area contributed by atoms with Crippen LogP contribution in [0.1, 0.15) is 33.6 Å². The minimum absolute atomic E-state index is 0.0517. The number of ether oxygens (including phenoxy) is 2. The maximum absolute atomic E-state index is 11.4. The summed E-state index contributed by atoms with van der Waals surface area (Å²) in [7, 11) is 0. The van der Waals surface area contributed by atoms with E-state index in [1.165, 1.54) is 0 Å². The summed E-state index contributed by atoms with van der Waals surface area (Å²) in [5.41, 5.74) is 0.0460. The van der Waals surface area contributed by atoms with Gasteiger partial charge in [0.15, 0.2) is 5.60 Å². The van der Waals surface area contributed by atoms with Gasteiger partial charge in [-0.2, -0.15) is 0 Å². The zero-order valence-corrected chi connectivity index (χ0v) is 9.13. The summed E-state index contributed by atoms with van der Waals surface area (Å²) in [5, 5.41) is 0. The Morgan fingerprint density at radius 2 is 2.29 bits per heavy atom. The molecule has 2 unspecified atom stereocenters. The Hall–Kier alpha value is -0.830. The number of carbonyl (C=O) groups is 1. The van der Waals surface area contributed by atoms with Gasteiger partial charge in [0.1, 0.15) is 0 Å². The molecule has 1 fully saturated rings. The molecule has 0 spiro atoms. The summed E-state index contributed by atoms with van der Waals surface area (Å²) in [6, 6.07) is 0. The largest absolute Gasteiger partial charge is 0.450 e. The summed E-state index contributed by atoms with van der Waals surface area (Å²) in [6.07, 6.45) is 1.72. The van der Waals surface area contributed by atoms with E-state index in [0.717, 1.165) is 12.8 Å². The Kier molecular flexibility index (Phi) is 3.32. The van der Waals surface area contributed by atoms with Gasteiger partial charge < -0.3 is 9.47 Å². The molecule has 0 N–H and O–H groups in total. The number of hydrogen-bond acceptors (Lipinski definition) is 3. The minimum Gasteiger partial charge on any atom is -0.450 e. The lowest BCUT2D eigenvalue weighted by Gasteiger charge is -2.47. The molecule has 14 heavy (non-hydrogen) atoms. The van der Waals surface area contributed by atoms with E-state index in [1.54, 1.807) is 6.92 Å². The highest BCUT2D eigenvalue weighted by atomic mass is 16.6. The summed E-state index contributed by atoms with van der Waals surface area (Å²) >= 11 is 0. The normalized spacial score (nSPS) is 30.6. The van der Waals surface area contributed by atoms with Crippen LogP contribution >= 0.6 is 0 Å². The third-order valence-corrected chi connectivity index (χ3v) is 2.73. The molecule has 0 bridgehead atoms. The van der Waals surface area contributed by atoms with Gasteiger partial charge in [-0.15, -0.1) is 0 Å². The molecule has 1 aliphatic rings. The van der Waals surface area contributed by atoms with Crippen molar-refractivity contribution in [3.05, 3.63) is 12.2 Å². The van der Waals surface area contributed by atoms with Crippen LogP contribution in [0, 0.1) is 0 Å². The first-order valence-corrected chi connectivity index (χ1v) is 5.06. The Labute approximate surface area is 85.1 Å². The molecular weight excluding hydrogens is 180 g/mol. The van der Waals surface area contributed by atoms with Crippen LogP contribution in [-0.2, 0) is 14.3 Å². The van der Waals surface area contributed by atoms with Crippen LogP contribution < -0.4 is 0 Å². The fourth-order valence-corrected chi connectivity index (χ4v) is 1.65. The fraction of sp³-hybridized carbons (Fsp3) is 0.727. The predicted octanol–water partition coefficient (Wildman–Crippen LogP) is 2.06. The van der Waals surface area contributed by atoms with Gasteiger partial charge in [0.25, 0.3) is 0 Å². The molecule has 3 nitrogen and oxygen atoms in total. The first-order valence-electron chi connectivity index (χ1n) is 5.06. The van der Waals surface area contributed by atoms with E-state index in [1.807, 2.05) is 13.8 Å². The summed E-state index contributed by atoms with van der Waals surface area (Å²) in [4.78, 5) is 11.4. The van der Waals surface area contributed by atoms with Crippen molar-refractivity contribution in [2.75, 3.05) is 6.61 Å². The second-order valence-corrected chi connectivity index (χ2v) is 3.80. The zero-order valence-electron chi connectivity index (χ0n) is 9.13. The molecule has 0 radical (unpaired) electrons. The molecule has 1 heterocycles. The van der Waals surface area contributed by atoms with E-state index in [9.17, 15) is 4.79 Å². The molecule has 80 valence electrons. The van der Waals surface area contributed by atoms with Gasteiger partial charge in [0.2, 0.25) is 0 Å². The Bertz CT molecular complexity index is 241. The predicted molar refractivity (Wildman–Crippen MR) is 54.0 cm³/mol. The lowest BCUT2D eigenvalue weighted by molar-refractivity contribution is -0.252. The van der Waals surface area contributed by atoms with E-state index in [4.69, 9.17) is 9.47 Å². The molecule has 0 amide bonds. The highest BCUT2D eigenvalue weighted by Crippen LogP contribution is 2.35. The topological polar surface area (TPSA) is 35.5 Å². The fourth-order valence-electron chi connectivity index (χ4n) is 1.65. The molecular formula is C11H18O3. The number of hydrogen-bond donors (Lipinski definition) is 0. The quantitative estimate of drug-likeness (QED) is 0.512. The van der Waals surface area contributed by atoms with E-state index >= 15 is 0 Å². The zero-order chi connectivity index (χ0) is 10.8. The van der Waals surface area contributed by atoms with Gasteiger partial charge in [-0.05, 0) is 19.8 Å². The van der Waals surface area contributed by atoms with Crippen molar-refractivity contribution < 1.29 is 14.3 Å². The number of carbonyl (C=O) groups excluding carboxylic acids is 1. The van der Waals surface area contributed by atoms with Crippen LogP contribution in [0.5, 0.6) is 0 Å². The number of esters is 1. The van der Waals surface area contributed by atoms with Gasteiger partial charge >= 0.3 is 5.97 Å². The average Bonchev–Trinajstić information content (AvgIpc) is 2.12. The van der Waals surface area contributed by atoms with Crippen LogP contribution in [0.2, 0.25) is 0 Å². The van der Waals surface area contributed by atoms with Gasteiger partial charge in [0, 0.05) is 5.57 Å². The van der Waals surface area contributed by atoms with Crippen LogP contribution in [-0.4, -0.2) is 24.3 Å². The third-order valence-electron chi connectivity index (χ3n) is 2.73. The second kappa shape index (κ2) is 4.13. The van der Waals surface area contributed by atoms with Gasteiger partial charge in [-0.1, -0.05) is 20.4 Å². The standard InChI is InChI=1S/C11H18O3/c1-5-9-11(6-2,7-13-9)14-10(12)8(3)4/h9H,3,5-7H2,1-2,4H3. The minimum atomic E-state index is -0.398. The van der Waals surface area contributed by atoms with Crippen molar-refractivity contribution >= 4 is 5.97 Å². The van der Waals surface area contributed by atoms with E-state index in [-0.39, 0.29) is 12.1 Å². The van der Waals surface area contributed by atoms with Crippen LogP contribution in [0.3, 0.4) is 0 Å². The van der Waals surface area contributed by atoms with Crippen LogP contribution in [0.15, 0.2) is 12.2 Å². The molecule has 0 saturated carbocycles. The van der Waals surface area contributed by atoms with Crippen LogP contribution in [0.4, 0.5) is 0 Å². The molecule has 0 aliphatic carbocycles. The van der Waals surface area contributed by atoms with Gasteiger partial charge in [0.05, 0.1) is 12.7 Å². The first kappa shape index (κ1) is 11.2. The third kappa shape index (κ3) is 1.82. The smallest absolute Gasteiger partial charge is 0.333 e. The molecule has 0 aromatic rings. The van der Waals surface area contributed by atoms with E-state index in [0.29, 0.717) is 12.2 Å². The SMILES string of the molecule is C=C(C)C(=O)OC1(CC)COC1CC.